The molecule has 2 rings (SSSR count). The van der Waals surface area contributed by atoms with Crippen LogP contribution < -0.4 is 14.8 Å². The molecule has 2 aromatic carbocycles. The van der Waals surface area contributed by atoms with Gasteiger partial charge in [-0.15, -0.1) is 0 Å². The van der Waals surface area contributed by atoms with E-state index in [9.17, 15) is 0 Å². The van der Waals surface area contributed by atoms with Crippen LogP contribution in [0.3, 0.4) is 0 Å². The first-order valence-electron chi connectivity index (χ1n) is 7.35. The molecule has 0 fully saturated rings. The average Bonchev–Trinajstić information content (AvgIpc) is 2.50. The van der Waals surface area contributed by atoms with Gasteiger partial charge in [0, 0.05) is 23.3 Å². The second-order valence-corrected chi connectivity index (χ2v) is 5.59. The molecule has 1 N–H and O–H groups in total. The molecule has 22 heavy (non-hydrogen) atoms. The third-order valence-electron chi connectivity index (χ3n) is 3.62. The summed E-state index contributed by atoms with van der Waals surface area (Å²) in [5.74, 6) is 1.37. The smallest absolute Gasteiger partial charge is 0.162 e. The highest BCUT2D eigenvalue weighted by Gasteiger charge is 2.10. The summed E-state index contributed by atoms with van der Waals surface area (Å²) in [6, 6.07) is 10.0. The fourth-order valence-corrected chi connectivity index (χ4v) is 2.41. The van der Waals surface area contributed by atoms with E-state index >= 15 is 0 Å². The standard InChI is InChI=1S/C18H22ClNO2/c1-5-22-18-10-16(19)14(9-17(18)21-4)11-20-15-7-6-12(2)13(3)8-15/h6-10,20H,5,11H2,1-4H3. The predicted octanol–water partition coefficient (Wildman–Crippen LogP) is 4.98. The first kappa shape index (κ1) is 16.5. The Hall–Kier alpha value is -1.87. The highest BCUT2D eigenvalue weighted by molar-refractivity contribution is 6.31. The molecule has 0 aromatic heterocycles. The lowest BCUT2D eigenvalue weighted by atomic mass is 10.1. The number of anilines is 1. The Kier molecular flexibility index (Phi) is 5.56. The first-order valence-corrected chi connectivity index (χ1v) is 7.73. The van der Waals surface area contributed by atoms with Crippen LogP contribution in [-0.2, 0) is 6.54 Å². The lowest BCUT2D eigenvalue weighted by molar-refractivity contribution is 0.311. The van der Waals surface area contributed by atoms with Crippen molar-refractivity contribution in [3.63, 3.8) is 0 Å². The third-order valence-corrected chi connectivity index (χ3v) is 3.97. The monoisotopic (exact) mass is 319 g/mol. The molecule has 3 nitrogen and oxygen atoms in total. The van der Waals surface area contributed by atoms with Crippen LogP contribution in [0.1, 0.15) is 23.6 Å². The minimum atomic E-state index is 0.576. The van der Waals surface area contributed by atoms with E-state index in [-0.39, 0.29) is 0 Å². The van der Waals surface area contributed by atoms with Crippen molar-refractivity contribution in [2.75, 3.05) is 19.0 Å². The summed E-state index contributed by atoms with van der Waals surface area (Å²) >= 11 is 6.34. The molecule has 0 radical (unpaired) electrons. The van der Waals surface area contributed by atoms with Crippen molar-refractivity contribution in [3.05, 3.63) is 52.0 Å². The van der Waals surface area contributed by atoms with Crippen LogP contribution in [0.15, 0.2) is 30.3 Å². The van der Waals surface area contributed by atoms with Crippen molar-refractivity contribution in [2.24, 2.45) is 0 Å². The zero-order chi connectivity index (χ0) is 16.1. The summed E-state index contributed by atoms with van der Waals surface area (Å²) in [7, 11) is 1.63. The van der Waals surface area contributed by atoms with Crippen LogP contribution in [0.4, 0.5) is 5.69 Å². The highest BCUT2D eigenvalue weighted by Crippen LogP contribution is 2.33. The third kappa shape index (κ3) is 3.86. The van der Waals surface area contributed by atoms with Crippen molar-refractivity contribution in [1.29, 1.82) is 0 Å². The quantitative estimate of drug-likeness (QED) is 0.814. The molecular weight excluding hydrogens is 298 g/mol. The van der Waals surface area contributed by atoms with E-state index in [4.69, 9.17) is 21.1 Å². The summed E-state index contributed by atoms with van der Waals surface area (Å²) in [6.07, 6.45) is 0. The first-order chi connectivity index (χ1) is 10.5. The van der Waals surface area contributed by atoms with Gasteiger partial charge in [-0.2, -0.15) is 0 Å². The van der Waals surface area contributed by atoms with E-state index in [1.807, 2.05) is 13.0 Å². The fourth-order valence-electron chi connectivity index (χ4n) is 2.19. The summed E-state index contributed by atoms with van der Waals surface area (Å²) in [5.41, 5.74) is 4.60. The second-order valence-electron chi connectivity index (χ2n) is 5.18. The van der Waals surface area contributed by atoms with Crippen molar-refractivity contribution in [1.82, 2.24) is 0 Å². The lowest BCUT2D eigenvalue weighted by Crippen LogP contribution is -2.03. The van der Waals surface area contributed by atoms with Gasteiger partial charge >= 0.3 is 0 Å². The van der Waals surface area contributed by atoms with Crippen molar-refractivity contribution in [3.8, 4) is 11.5 Å². The van der Waals surface area contributed by atoms with Crippen LogP contribution in [0.5, 0.6) is 11.5 Å². The molecule has 0 unspecified atom stereocenters. The second kappa shape index (κ2) is 7.41. The number of rotatable bonds is 6. The van der Waals surface area contributed by atoms with E-state index in [1.54, 1.807) is 13.2 Å². The molecule has 4 heteroatoms. The largest absolute Gasteiger partial charge is 0.493 e. The van der Waals surface area contributed by atoms with Gasteiger partial charge in [0.25, 0.3) is 0 Å². The molecule has 0 aliphatic rings. The Morgan fingerprint density at radius 2 is 1.82 bits per heavy atom. The normalized spacial score (nSPS) is 10.4. The predicted molar refractivity (Wildman–Crippen MR) is 92.4 cm³/mol. The van der Waals surface area contributed by atoms with Crippen LogP contribution in [-0.4, -0.2) is 13.7 Å². The summed E-state index contributed by atoms with van der Waals surface area (Å²) in [6.45, 7) is 7.35. The average molecular weight is 320 g/mol. The summed E-state index contributed by atoms with van der Waals surface area (Å²) in [5, 5.41) is 4.06. The Morgan fingerprint density at radius 1 is 1.05 bits per heavy atom. The number of methoxy groups -OCH3 is 1. The molecule has 0 spiro atoms. The number of hydrogen-bond acceptors (Lipinski definition) is 3. The Labute approximate surface area is 137 Å². The number of nitrogens with one attached hydrogen (secondary N) is 1. The zero-order valence-electron chi connectivity index (χ0n) is 13.5. The van der Waals surface area contributed by atoms with Crippen molar-refractivity contribution >= 4 is 17.3 Å². The Morgan fingerprint density at radius 3 is 2.45 bits per heavy atom. The number of halogens is 1. The summed E-state index contributed by atoms with van der Waals surface area (Å²) < 4.78 is 10.9. The van der Waals surface area contributed by atoms with Gasteiger partial charge in [0.2, 0.25) is 0 Å². The molecule has 0 amide bonds. The fraction of sp³-hybridized carbons (Fsp3) is 0.333. The maximum absolute atomic E-state index is 6.34. The van der Waals surface area contributed by atoms with Gasteiger partial charge in [-0.3, -0.25) is 0 Å². The van der Waals surface area contributed by atoms with Crippen molar-refractivity contribution in [2.45, 2.75) is 27.3 Å². The Balaban J connectivity index is 2.16. The van der Waals surface area contributed by atoms with Crippen LogP contribution in [0.25, 0.3) is 0 Å². The molecule has 0 atom stereocenters. The number of benzene rings is 2. The van der Waals surface area contributed by atoms with Gasteiger partial charge in [-0.25, -0.2) is 0 Å². The molecule has 0 saturated carbocycles. The molecule has 0 aliphatic heterocycles. The molecule has 0 saturated heterocycles. The van der Waals surface area contributed by atoms with Gasteiger partial charge < -0.3 is 14.8 Å². The van der Waals surface area contributed by atoms with Crippen molar-refractivity contribution < 1.29 is 9.47 Å². The van der Waals surface area contributed by atoms with E-state index in [0.29, 0.717) is 29.7 Å². The molecular formula is C18H22ClNO2. The van der Waals surface area contributed by atoms with Gasteiger partial charge in [-0.05, 0) is 55.7 Å². The van der Waals surface area contributed by atoms with E-state index in [0.717, 1.165) is 11.3 Å². The van der Waals surface area contributed by atoms with Crippen LogP contribution in [0, 0.1) is 13.8 Å². The van der Waals surface area contributed by atoms with Gasteiger partial charge in [0.1, 0.15) is 0 Å². The minimum Gasteiger partial charge on any atom is -0.493 e. The lowest BCUT2D eigenvalue weighted by Gasteiger charge is -2.14. The maximum Gasteiger partial charge on any atom is 0.162 e. The molecule has 0 bridgehead atoms. The molecule has 0 aliphatic carbocycles. The van der Waals surface area contributed by atoms with E-state index in [1.165, 1.54) is 11.1 Å². The number of ether oxygens (including phenoxy) is 2. The summed E-state index contributed by atoms with van der Waals surface area (Å²) in [4.78, 5) is 0. The van der Waals surface area contributed by atoms with Gasteiger partial charge in [-0.1, -0.05) is 17.7 Å². The minimum absolute atomic E-state index is 0.576. The maximum atomic E-state index is 6.34. The molecule has 2 aromatic rings. The topological polar surface area (TPSA) is 30.5 Å². The van der Waals surface area contributed by atoms with Gasteiger partial charge in [0.15, 0.2) is 11.5 Å². The number of hydrogen-bond donors (Lipinski definition) is 1. The molecule has 118 valence electrons. The zero-order valence-corrected chi connectivity index (χ0v) is 14.3. The van der Waals surface area contributed by atoms with E-state index < -0.39 is 0 Å². The number of aryl methyl sites for hydroxylation is 2. The van der Waals surface area contributed by atoms with E-state index in [2.05, 4.69) is 37.4 Å². The van der Waals surface area contributed by atoms with Gasteiger partial charge in [0.05, 0.1) is 13.7 Å². The Bertz CT molecular complexity index is 656. The SMILES string of the molecule is CCOc1cc(Cl)c(CNc2ccc(C)c(C)c2)cc1OC. The van der Waals surface area contributed by atoms with Crippen LogP contribution in [0.2, 0.25) is 5.02 Å². The van der Waals surface area contributed by atoms with Crippen LogP contribution >= 0.6 is 11.6 Å². The highest BCUT2D eigenvalue weighted by atomic mass is 35.5. The molecule has 0 heterocycles.